The summed E-state index contributed by atoms with van der Waals surface area (Å²) in [6.07, 6.45) is -0.569. The van der Waals surface area contributed by atoms with Crippen molar-refractivity contribution in [2.24, 2.45) is 0 Å². The van der Waals surface area contributed by atoms with E-state index < -0.39 is 6.10 Å². The third-order valence-corrected chi connectivity index (χ3v) is 3.46. The standard InChI is InChI=1S/C18H17NO2/c1-12-4-7-16(10-13(12)2)18(20)14(3)21-17-8-5-15(11-19)6-9-17/h4-10,14H,1-3H3/t14-/m0/s1. The Kier molecular flexibility index (Phi) is 4.39. The molecule has 21 heavy (non-hydrogen) atoms. The van der Waals surface area contributed by atoms with Crippen molar-refractivity contribution in [3.63, 3.8) is 0 Å². The Morgan fingerprint density at radius 2 is 1.76 bits per heavy atom. The number of nitriles is 1. The summed E-state index contributed by atoms with van der Waals surface area (Å²) in [5, 5.41) is 8.75. The maximum Gasteiger partial charge on any atom is 0.203 e. The van der Waals surface area contributed by atoms with Gasteiger partial charge in [0.15, 0.2) is 6.10 Å². The predicted octanol–water partition coefficient (Wildman–Crippen LogP) is 3.83. The minimum Gasteiger partial charge on any atom is -0.483 e. The highest BCUT2D eigenvalue weighted by Gasteiger charge is 2.17. The van der Waals surface area contributed by atoms with E-state index in [1.807, 2.05) is 38.1 Å². The molecule has 0 saturated carbocycles. The fourth-order valence-electron chi connectivity index (χ4n) is 2.00. The van der Waals surface area contributed by atoms with Crippen molar-refractivity contribution in [3.05, 3.63) is 64.7 Å². The van der Waals surface area contributed by atoms with E-state index in [1.165, 1.54) is 0 Å². The summed E-state index contributed by atoms with van der Waals surface area (Å²) < 4.78 is 5.64. The van der Waals surface area contributed by atoms with Crippen molar-refractivity contribution in [1.29, 1.82) is 5.26 Å². The lowest BCUT2D eigenvalue weighted by Crippen LogP contribution is -2.24. The van der Waals surface area contributed by atoms with Gasteiger partial charge in [0.25, 0.3) is 0 Å². The normalized spacial score (nSPS) is 11.5. The molecule has 0 spiro atoms. The van der Waals surface area contributed by atoms with Crippen molar-refractivity contribution in [3.8, 4) is 11.8 Å². The zero-order valence-corrected chi connectivity index (χ0v) is 12.4. The van der Waals surface area contributed by atoms with E-state index in [2.05, 4.69) is 0 Å². The van der Waals surface area contributed by atoms with Crippen LogP contribution in [0.2, 0.25) is 0 Å². The third kappa shape index (κ3) is 3.49. The Bertz CT molecular complexity index is 696. The van der Waals surface area contributed by atoms with Crippen LogP contribution in [0, 0.1) is 25.2 Å². The van der Waals surface area contributed by atoms with Crippen molar-refractivity contribution in [1.82, 2.24) is 0 Å². The van der Waals surface area contributed by atoms with Crippen molar-refractivity contribution in [2.75, 3.05) is 0 Å². The van der Waals surface area contributed by atoms with Gasteiger partial charge in [0.1, 0.15) is 5.75 Å². The maximum atomic E-state index is 12.4. The van der Waals surface area contributed by atoms with Gasteiger partial charge in [0, 0.05) is 5.56 Å². The summed E-state index contributed by atoms with van der Waals surface area (Å²) in [5.41, 5.74) is 3.47. The molecular formula is C18H17NO2. The number of ketones is 1. The first-order chi connectivity index (χ1) is 10.0. The van der Waals surface area contributed by atoms with Gasteiger partial charge in [-0.15, -0.1) is 0 Å². The van der Waals surface area contributed by atoms with Crippen LogP contribution in [0.1, 0.15) is 34.0 Å². The van der Waals surface area contributed by atoms with Crippen LogP contribution in [0.3, 0.4) is 0 Å². The molecule has 1 atom stereocenters. The van der Waals surface area contributed by atoms with Gasteiger partial charge in [-0.25, -0.2) is 0 Å². The van der Waals surface area contributed by atoms with Gasteiger partial charge in [0.05, 0.1) is 11.6 Å². The number of nitrogens with zero attached hydrogens (tertiary/aromatic N) is 1. The number of ether oxygens (including phenoxy) is 1. The van der Waals surface area contributed by atoms with E-state index in [1.54, 1.807) is 31.2 Å². The molecule has 0 aliphatic heterocycles. The molecule has 0 bridgehead atoms. The van der Waals surface area contributed by atoms with Crippen LogP contribution in [0.5, 0.6) is 5.75 Å². The topological polar surface area (TPSA) is 50.1 Å². The smallest absolute Gasteiger partial charge is 0.203 e. The molecule has 2 aromatic carbocycles. The van der Waals surface area contributed by atoms with Gasteiger partial charge in [0.2, 0.25) is 5.78 Å². The summed E-state index contributed by atoms with van der Waals surface area (Å²) in [5.74, 6) is 0.529. The largest absolute Gasteiger partial charge is 0.483 e. The molecule has 3 heteroatoms. The van der Waals surface area contributed by atoms with Gasteiger partial charge in [-0.3, -0.25) is 4.79 Å². The second-order valence-corrected chi connectivity index (χ2v) is 5.06. The van der Waals surface area contributed by atoms with E-state index >= 15 is 0 Å². The Hall–Kier alpha value is -2.60. The molecule has 0 unspecified atom stereocenters. The molecule has 0 aliphatic rings. The van der Waals surface area contributed by atoms with Crippen LogP contribution in [-0.2, 0) is 0 Å². The van der Waals surface area contributed by atoms with Crippen LogP contribution in [-0.4, -0.2) is 11.9 Å². The molecular weight excluding hydrogens is 262 g/mol. The van der Waals surface area contributed by atoms with Crippen LogP contribution in [0.15, 0.2) is 42.5 Å². The number of carbonyl (C=O) groups excluding carboxylic acids is 1. The first kappa shape index (κ1) is 14.8. The minimum atomic E-state index is -0.569. The van der Waals surface area contributed by atoms with E-state index in [0.29, 0.717) is 16.9 Å². The third-order valence-electron chi connectivity index (χ3n) is 3.46. The summed E-state index contributed by atoms with van der Waals surface area (Å²) in [7, 11) is 0. The molecule has 0 aliphatic carbocycles. The van der Waals surface area contributed by atoms with E-state index in [4.69, 9.17) is 10.00 Å². The number of aryl methyl sites for hydroxylation is 2. The fourth-order valence-corrected chi connectivity index (χ4v) is 2.00. The highest BCUT2D eigenvalue weighted by Crippen LogP contribution is 2.17. The monoisotopic (exact) mass is 279 g/mol. The molecule has 0 fully saturated rings. The van der Waals surface area contributed by atoms with E-state index in [9.17, 15) is 4.79 Å². The van der Waals surface area contributed by atoms with Gasteiger partial charge < -0.3 is 4.74 Å². The minimum absolute atomic E-state index is 0.0533. The number of Topliss-reactive ketones (excluding diaryl/α,β-unsaturated/α-hetero) is 1. The van der Waals surface area contributed by atoms with Gasteiger partial charge in [-0.05, 0) is 62.2 Å². The van der Waals surface area contributed by atoms with E-state index in [0.717, 1.165) is 11.1 Å². The van der Waals surface area contributed by atoms with E-state index in [-0.39, 0.29) is 5.78 Å². The number of carbonyl (C=O) groups is 1. The first-order valence-electron chi connectivity index (χ1n) is 6.79. The molecule has 0 heterocycles. The molecule has 0 aromatic heterocycles. The Morgan fingerprint density at radius 3 is 2.33 bits per heavy atom. The Morgan fingerprint density at radius 1 is 1.10 bits per heavy atom. The molecule has 3 nitrogen and oxygen atoms in total. The lowest BCUT2D eigenvalue weighted by atomic mass is 10.0. The second-order valence-electron chi connectivity index (χ2n) is 5.06. The fraction of sp³-hybridized carbons (Fsp3) is 0.222. The summed E-state index contributed by atoms with van der Waals surface area (Å²) in [4.78, 5) is 12.4. The molecule has 0 saturated heterocycles. The summed E-state index contributed by atoms with van der Waals surface area (Å²) in [6.45, 7) is 5.73. The average molecular weight is 279 g/mol. The van der Waals surface area contributed by atoms with Gasteiger partial charge in [-0.2, -0.15) is 5.26 Å². The highest BCUT2D eigenvalue weighted by molar-refractivity contribution is 5.99. The molecule has 2 rings (SSSR count). The molecule has 2 aromatic rings. The molecule has 0 N–H and O–H groups in total. The number of rotatable bonds is 4. The van der Waals surface area contributed by atoms with Crippen LogP contribution < -0.4 is 4.74 Å². The maximum absolute atomic E-state index is 12.4. The lowest BCUT2D eigenvalue weighted by molar-refractivity contribution is 0.0818. The number of hydrogen-bond donors (Lipinski definition) is 0. The number of hydrogen-bond acceptors (Lipinski definition) is 3. The van der Waals surface area contributed by atoms with Crippen LogP contribution in [0.25, 0.3) is 0 Å². The van der Waals surface area contributed by atoms with Crippen molar-refractivity contribution in [2.45, 2.75) is 26.9 Å². The first-order valence-corrected chi connectivity index (χ1v) is 6.79. The van der Waals surface area contributed by atoms with Crippen molar-refractivity contribution >= 4 is 5.78 Å². The molecule has 0 amide bonds. The summed E-state index contributed by atoms with van der Waals surface area (Å²) in [6, 6.07) is 14.4. The second kappa shape index (κ2) is 6.23. The van der Waals surface area contributed by atoms with Crippen LogP contribution >= 0.6 is 0 Å². The van der Waals surface area contributed by atoms with Crippen molar-refractivity contribution < 1.29 is 9.53 Å². The zero-order valence-electron chi connectivity index (χ0n) is 12.4. The Balaban J connectivity index is 2.11. The zero-order chi connectivity index (χ0) is 15.4. The van der Waals surface area contributed by atoms with Gasteiger partial charge in [-0.1, -0.05) is 12.1 Å². The van der Waals surface area contributed by atoms with Gasteiger partial charge >= 0.3 is 0 Å². The Labute approximate surface area is 124 Å². The SMILES string of the molecule is Cc1ccc(C(=O)[C@H](C)Oc2ccc(C#N)cc2)cc1C. The van der Waals surface area contributed by atoms with Crippen LogP contribution in [0.4, 0.5) is 0 Å². The predicted molar refractivity (Wildman–Crippen MR) is 81.5 cm³/mol. The summed E-state index contributed by atoms with van der Waals surface area (Å²) >= 11 is 0. The quantitative estimate of drug-likeness (QED) is 0.799. The lowest BCUT2D eigenvalue weighted by Gasteiger charge is -2.14. The highest BCUT2D eigenvalue weighted by atomic mass is 16.5. The average Bonchev–Trinajstić information content (AvgIpc) is 2.50. The molecule has 0 radical (unpaired) electrons. The molecule has 106 valence electrons. The number of benzene rings is 2.